The SMILES string of the molecule is CSc1ccc(C2CS2)cc1. The highest BCUT2D eigenvalue weighted by Gasteiger charge is 2.23. The van der Waals surface area contributed by atoms with Gasteiger partial charge in [0.2, 0.25) is 0 Å². The fourth-order valence-electron chi connectivity index (χ4n) is 1.06. The predicted octanol–water partition coefficient (Wildman–Crippen LogP) is 3.20. The number of rotatable bonds is 2. The van der Waals surface area contributed by atoms with Crippen LogP contribution in [0, 0.1) is 0 Å². The van der Waals surface area contributed by atoms with E-state index in [1.165, 1.54) is 16.2 Å². The first-order valence-corrected chi connectivity index (χ1v) is 5.93. The van der Waals surface area contributed by atoms with Crippen molar-refractivity contribution in [3.8, 4) is 0 Å². The van der Waals surface area contributed by atoms with Crippen molar-refractivity contribution in [2.24, 2.45) is 0 Å². The summed E-state index contributed by atoms with van der Waals surface area (Å²) in [5, 5.41) is 0.811. The van der Waals surface area contributed by atoms with Gasteiger partial charge in [0.25, 0.3) is 0 Å². The quantitative estimate of drug-likeness (QED) is 0.509. The highest BCUT2D eigenvalue weighted by atomic mass is 32.2. The van der Waals surface area contributed by atoms with Crippen LogP contribution in [0.2, 0.25) is 0 Å². The van der Waals surface area contributed by atoms with Crippen molar-refractivity contribution in [2.75, 3.05) is 12.0 Å². The molecule has 1 unspecified atom stereocenters. The average Bonchev–Trinajstić information content (AvgIpc) is 2.87. The summed E-state index contributed by atoms with van der Waals surface area (Å²) in [5.41, 5.74) is 1.49. The maximum Gasteiger partial charge on any atom is 0.0388 e. The van der Waals surface area contributed by atoms with Gasteiger partial charge in [-0.25, -0.2) is 0 Å². The van der Waals surface area contributed by atoms with Crippen LogP contribution >= 0.6 is 23.5 Å². The third-order valence-corrected chi connectivity index (χ3v) is 3.50. The van der Waals surface area contributed by atoms with Crippen molar-refractivity contribution in [1.29, 1.82) is 0 Å². The Bertz CT molecular complexity index is 236. The van der Waals surface area contributed by atoms with Crippen LogP contribution in [-0.2, 0) is 0 Å². The van der Waals surface area contributed by atoms with E-state index in [4.69, 9.17) is 0 Å². The first-order chi connectivity index (χ1) is 5.40. The summed E-state index contributed by atoms with van der Waals surface area (Å²) in [6.45, 7) is 0. The number of benzene rings is 1. The molecule has 2 heteroatoms. The molecule has 1 aromatic rings. The molecule has 1 atom stereocenters. The Balaban J connectivity index is 2.19. The first-order valence-electron chi connectivity index (χ1n) is 3.66. The maximum atomic E-state index is 2.25. The third kappa shape index (κ3) is 1.74. The zero-order valence-corrected chi connectivity index (χ0v) is 8.04. The Kier molecular flexibility index (Phi) is 2.14. The Labute approximate surface area is 75.8 Å². The Morgan fingerprint density at radius 2 is 2.00 bits per heavy atom. The second-order valence-electron chi connectivity index (χ2n) is 2.60. The second kappa shape index (κ2) is 3.11. The monoisotopic (exact) mass is 182 g/mol. The molecule has 1 aliphatic rings. The largest absolute Gasteiger partial charge is 0.151 e. The van der Waals surface area contributed by atoms with Crippen LogP contribution < -0.4 is 0 Å². The number of hydrogen-bond acceptors (Lipinski definition) is 2. The molecule has 11 heavy (non-hydrogen) atoms. The molecule has 0 aromatic heterocycles. The van der Waals surface area contributed by atoms with Gasteiger partial charge in [0.15, 0.2) is 0 Å². The molecule has 0 amide bonds. The van der Waals surface area contributed by atoms with Crippen molar-refractivity contribution in [3.05, 3.63) is 29.8 Å². The molecule has 0 aliphatic carbocycles. The maximum absolute atomic E-state index is 2.25. The predicted molar refractivity (Wildman–Crippen MR) is 53.4 cm³/mol. The van der Waals surface area contributed by atoms with E-state index in [1.807, 2.05) is 11.8 Å². The topological polar surface area (TPSA) is 0 Å². The van der Waals surface area contributed by atoms with Crippen molar-refractivity contribution in [1.82, 2.24) is 0 Å². The van der Waals surface area contributed by atoms with Crippen LogP contribution in [0.1, 0.15) is 10.8 Å². The second-order valence-corrected chi connectivity index (χ2v) is 4.71. The summed E-state index contributed by atoms with van der Waals surface area (Å²) >= 11 is 3.83. The van der Waals surface area contributed by atoms with E-state index in [2.05, 4.69) is 30.5 Å². The lowest BCUT2D eigenvalue weighted by Crippen LogP contribution is -1.77. The standard InChI is InChI=1S/C9H10S2/c1-10-8-4-2-7(3-5-8)9-6-11-9/h2-5,9H,6H2,1H3. The molecule has 1 fully saturated rings. The van der Waals surface area contributed by atoms with Gasteiger partial charge in [-0.2, -0.15) is 11.8 Å². The van der Waals surface area contributed by atoms with Gasteiger partial charge in [-0.15, -0.1) is 11.8 Å². The van der Waals surface area contributed by atoms with Crippen LogP contribution in [0.3, 0.4) is 0 Å². The van der Waals surface area contributed by atoms with Crippen molar-refractivity contribution in [3.63, 3.8) is 0 Å². The van der Waals surface area contributed by atoms with E-state index >= 15 is 0 Å². The number of thioether (sulfide) groups is 2. The molecule has 2 rings (SSSR count). The Hall–Kier alpha value is -0.0800. The van der Waals surface area contributed by atoms with Gasteiger partial charge in [-0.05, 0) is 24.0 Å². The molecule has 0 N–H and O–H groups in total. The lowest BCUT2D eigenvalue weighted by atomic mass is 10.2. The van der Waals surface area contributed by atoms with E-state index in [1.54, 1.807) is 11.8 Å². The minimum absolute atomic E-state index is 0.811. The van der Waals surface area contributed by atoms with Gasteiger partial charge in [0, 0.05) is 15.9 Å². The first kappa shape index (κ1) is 7.56. The summed E-state index contributed by atoms with van der Waals surface area (Å²) in [5.74, 6) is 1.32. The molecule has 1 heterocycles. The zero-order chi connectivity index (χ0) is 7.68. The molecule has 0 saturated carbocycles. The van der Waals surface area contributed by atoms with Crippen LogP contribution in [0.4, 0.5) is 0 Å². The van der Waals surface area contributed by atoms with Crippen LogP contribution in [0.25, 0.3) is 0 Å². The van der Waals surface area contributed by atoms with Gasteiger partial charge >= 0.3 is 0 Å². The molecule has 0 radical (unpaired) electrons. The van der Waals surface area contributed by atoms with E-state index in [9.17, 15) is 0 Å². The highest BCUT2D eigenvalue weighted by molar-refractivity contribution is 8.06. The third-order valence-electron chi connectivity index (χ3n) is 1.82. The summed E-state index contributed by atoms with van der Waals surface area (Å²) < 4.78 is 0. The Morgan fingerprint density at radius 1 is 1.36 bits per heavy atom. The van der Waals surface area contributed by atoms with Gasteiger partial charge in [0.1, 0.15) is 0 Å². The summed E-state index contributed by atoms with van der Waals surface area (Å²) in [6, 6.07) is 8.91. The van der Waals surface area contributed by atoms with Gasteiger partial charge < -0.3 is 0 Å². The fourth-order valence-corrected chi connectivity index (χ4v) is 2.11. The lowest BCUT2D eigenvalue weighted by molar-refractivity contribution is 1.21. The van der Waals surface area contributed by atoms with Crippen LogP contribution in [0.5, 0.6) is 0 Å². The minimum Gasteiger partial charge on any atom is -0.151 e. The van der Waals surface area contributed by atoms with Crippen LogP contribution in [-0.4, -0.2) is 12.0 Å². The van der Waals surface area contributed by atoms with Gasteiger partial charge in [-0.3, -0.25) is 0 Å². The molecule has 1 aliphatic heterocycles. The summed E-state index contributed by atoms with van der Waals surface area (Å²) in [4.78, 5) is 1.36. The number of hydrogen-bond donors (Lipinski definition) is 0. The molecule has 0 spiro atoms. The van der Waals surface area contributed by atoms with E-state index < -0.39 is 0 Å². The van der Waals surface area contributed by atoms with Gasteiger partial charge in [-0.1, -0.05) is 12.1 Å². The normalized spacial score (nSPS) is 21.7. The van der Waals surface area contributed by atoms with Crippen molar-refractivity contribution in [2.45, 2.75) is 10.1 Å². The van der Waals surface area contributed by atoms with E-state index in [0.717, 1.165) is 5.25 Å². The minimum atomic E-state index is 0.811. The summed E-state index contributed by atoms with van der Waals surface area (Å²) in [6.07, 6.45) is 2.11. The zero-order valence-electron chi connectivity index (χ0n) is 6.41. The lowest BCUT2D eigenvalue weighted by Gasteiger charge is -1.97. The van der Waals surface area contributed by atoms with E-state index in [-0.39, 0.29) is 0 Å². The smallest absolute Gasteiger partial charge is 0.0388 e. The summed E-state index contributed by atoms with van der Waals surface area (Å²) in [7, 11) is 0. The highest BCUT2D eigenvalue weighted by Crippen LogP contribution is 2.46. The van der Waals surface area contributed by atoms with Crippen LogP contribution in [0.15, 0.2) is 29.2 Å². The Morgan fingerprint density at radius 3 is 2.45 bits per heavy atom. The van der Waals surface area contributed by atoms with E-state index in [0.29, 0.717) is 0 Å². The molecular weight excluding hydrogens is 172 g/mol. The molecular formula is C9H10S2. The van der Waals surface area contributed by atoms with Gasteiger partial charge in [0.05, 0.1) is 0 Å². The van der Waals surface area contributed by atoms with Crippen molar-refractivity contribution < 1.29 is 0 Å². The average molecular weight is 182 g/mol. The molecule has 0 nitrogen and oxygen atoms in total. The molecule has 58 valence electrons. The fraction of sp³-hybridized carbons (Fsp3) is 0.333. The molecule has 1 saturated heterocycles. The van der Waals surface area contributed by atoms with Crippen molar-refractivity contribution >= 4 is 23.5 Å². The molecule has 1 aromatic carbocycles. The molecule has 0 bridgehead atoms.